The molecule has 0 amide bonds. The lowest BCUT2D eigenvalue weighted by Crippen LogP contribution is -1.90. The maximum Gasteiger partial charge on any atom is 0.0702 e. The summed E-state index contributed by atoms with van der Waals surface area (Å²) in [5, 5.41) is 0. The highest BCUT2D eigenvalue weighted by Crippen LogP contribution is 2.28. The third-order valence-electron chi connectivity index (χ3n) is 3.65. The van der Waals surface area contributed by atoms with Crippen molar-refractivity contribution >= 4 is 15.9 Å². The molecule has 1 heterocycles. The van der Waals surface area contributed by atoms with E-state index in [1.807, 2.05) is 18.3 Å². The third kappa shape index (κ3) is 2.91. The molecule has 104 valence electrons. The lowest BCUT2D eigenvalue weighted by atomic mass is 9.96. The maximum absolute atomic E-state index is 4.63. The Morgan fingerprint density at radius 2 is 1.52 bits per heavy atom. The van der Waals surface area contributed by atoms with Gasteiger partial charge in [0, 0.05) is 21.8 Å². The summed E-state index contributed by atoms with van der Waals surface area (Å²) >= 11 is 3.50. The van der Waals surface area contributed by atoms with Gasteiger partial charge in [0.05, 0.1) is 5.69 Å². The predicted octanol–water partition coefficient (Wildman–Crippen LogP) is 5.79. The molecule has 21 heavy (non-hydrogen) atoms. The number of benzene rings is 2. The van der Waals surface area contributed by atoms with Crippen LogP contribution < -0.4 is 0 Å². The minimum absolute atomic E-state index is 0.992. The van der Waals surface area contributed by atoms with E-state index in [1.165, 1.54) is 22.3 Å². The fourth-order valence-corrected chi connectivity index (χ4v) is 3.03. The van der Waals surface area contributed by atoms with Gasteiger partial charge in [0.15, 0.2) is 0 Å². The van der Waals surface area contributed by atoms with E-state index >= 15 is 0 Å². The Bertz CT molecular complexity index is 756. The Hall–Kier alpha value is -1.93. The molecule has 0 bridgehead atoms. The van der Waals surface area contributed by atoms with Crippen LogP contribution in [-0.4, -0.2) is 4.98 Å². The van der Waals surface area contributed by atoms with Crippen molar-refractivity contribution in [3.05, 3.63) is 76.4 Å². The normalized spacial score (nSPS) is 10.6. The third-order valence-corrected chi connectivity index (χ3v) is 4.15. The van der Waals surface area contributed by atoms with Crippen molar-refractivity contribution in [1.29, 1.82) is 0 Å². The molecule has 0 aliphatic rings. The molecule has 3 aromatic rings. The van der Waals surface area contributed by atoms with E-state index in [9.17, 15) is 0 Å². The number of pyridine rings is 1. The highest BCUT2D eigenvalue weighted by atomic mass is 79.9. The van der Waals surface area contributed by atoms with Gasteiger partial charge in [-0.05, 0) is 48.7 Å². The standard InChI is InChI=1S/C19H16BrN/c1-13-5-3-6-14(2)19(13)16-9-10-18(21-12-16)15-7-4-8-17(20)11-15/h3-12H,1-2H3. The van der Waals surface area contributed by atoms with E-state index in [0.29, 0.717) is 0 Å². The van der Waals surface area contributed by atoms with Gasteiger partial charge in [-0.25, -0.2) is 0 Å². The molecule has 0 fully saturated rings. The van der Waals surface area contributed by atoms with Crippen molar-refractivity contribution < 1.29 is 0 Å². The van der Waals surface area contributed by atoms with E-state index in [2.05, 4.69) is 77.2 Å². The van der Waals surface area contributed by atoms with Crippen molar-refractivity contribution in [3.8, 4) is 22.4 Å². The van der Waals surface area contributed by atoms with Crippen molar-refractivity contribution in [2.45, 2.75) is 13.8 Å². The molecule has 0 radical (unpaired) electrons. The molecule has 1 nitrogen and oxygen atoms in total. The number of hydrogen-bond donors (Lipinski definition) is 0. The van der Waals surface area contributed by atoms with Crippen LogP contribution in [0.4, 0.5) is 0 Å². The molecule has 0 spiro atoms. The summed E-state index contributed by atoms with van der Waals surface area (Å²) in [6, 6.07) is 18.8. The van der Waals surface area contributed by atoms with E-state index in [1.54, 1.807) is 0 Å². The first-order valence-electron chi connectivity index (χ1n) is 6.94. The average molecular weight is 338 g/mol. The summed E-state index contributed by atoms with van der Waals surface area (Å²) in [6.45, 7) is 4.29. The molecule has 0 saturated heterocycles. The van der Waals surface area contributed by atoms with Gasteiger partial charge in [-0.3, -0.25) is 4.98 Å². The largest absolute Gasteiger partial charge is 0.256 e. The second-order valence-electron chi connectivity index (χ2n) is 5.21. The summed E-state index contributed by atoms with van der Waals surface area (Å²) in [4.78, 5) is 4.63. The summed E-state index contributed by atoms with van der Waals surface area (Å²) in [5.74, 6) is 0. The molecule has 2 heteroatoms. The van der Waals surface area contributed by atoms with Crippen LogP contribution in [0.15, 0.2) is 65.3 Å². The Morgan fingerprint density at radius 3 is 2.14 bits per heavy atom. The number of aryl methyl sites for hydroxylation is 2. The van der Waals surface area contributed by atoms with E-state index in [0.717, 1.165) is 15.7 Å². The van der Waals surface area contributed by atoms with Gasteiger partial charge in [-0.2, -0.15) is 0 Å². The fraction of sp³-hybridized carbons (Fsp3) is 0.105. The Labute approximate surface area is 133 Å². The van der Waals surface area contributed by atoms with Crippen molar-refractivity contribution in [2.75, 3.05) is 0 Å². The summed E-state index contributed by atoms with van der Waals surface area (Å²) in [7, 11) is 0. The molecule has 0 unspecified atom stereocenters. The van der Waals surface area contributed by atoms with Crippen molar-refractivity contribution in [1.82, 2.24) is 4.98 Å². The molecule has 1 aromatic heterocycles. The van der Waals surface area contributed by atoms with Crippen LogP contribution in [0.1, 0.15) is 11.1 Å². The summed E-state index contributed by atoms with van der Waals surface area (Å²) in [5.41, 5.74) is 7.14. The van der Waals surface area contributed by atoms with Crippen molar-refractivity contribution in [2.24, 2.45) is 0 Å². The Kier molecular flexibility index (Phi) is 3.89. The van der Waals surface area contributed by atoms with Crippen LogP contribution in [0.2, 0.25) is 0 Å². The van der Waals surface area contributed by atoms with Gasteiger partial charge < -0.3 is 0 Å². The highest BCUT2D eigenvalue weighted by molar-refractivity contribution is 9.10. The van der Waals surface area contributed by atoms with Crippen molar-refractivity contribution in [3.63, 3.8) is 0 Å². The topological polar surface area (TPSA) is 12.9 Å². The maximum atomic E-state index is 4.63. The van der Waals surface area contributed by atoms with Gasteiger partial charge in [0.25, 0.3) is 0 Å². The first kappa shape index (κ1) is 14.0. The van der Waals surface area contributed by atoms with Crippen LogP contribution in [0.25, 0.3) is 22.4 Å². The summed E-state index contributed by atoms with van der Waals surface area (Å²) < 4.78 is 1.07. The van der Waals surface area contributed by atoms with Crippen LogP contribution in [0.5, 0.6) is 0 Å². The number of aromatic nitrogens is 1. The highest BCUT2D eigenvalue weighted by Gasteiger charge is 2.06. The zero-order chi connectivity index (χ0) is 14.8. The smallest absolute Gasteiger partial charge is 0.0702 e. The van der Waals surface area contributed by atoms with Crippen LogP contribution >= 0.6 is 15.9 Å². The zero-order valence-electron chi connectivity index (χ0n) is 12.1. The minimum atomic E-state index is 0.992. The van der Waals surface area contributed by atoms with Crippen LogP contribution in [0, 0.1) is 13.8 Å². The van der Waals surface area contributed by atoms with E-state index in [4.69, 9.17) is 0 Å². The molecular formula is C19H16BrN. The lowest BCUT2D eigenvalue weighted by molar-refractivity contribution is 1.30. The van der Waals surface area contributed by atoms with Gasteiger partial charge in [0.2, 0.25) is 0 Å². The zero-order valence-corrected chi connectivity index (χ0v) is 13.7. The number of nitrogens with zero attached hydrogens (tertiary/aromatic N) is 1. The van der Waals surface area contributed by atoms with E-state index < -0.39 is 0 Å². The molecule has 0 saturated carbocycles. The number of hydrogen-bond acceptors (Lipinski definition) is 1. The number of halogens is 1. The first-order valence-corrected chi connectivity index (χ1v) is 7.73. The molecule has 0 aliphatic heterocycles. The predicted molar refractivity (Wildman–Crippen MR) is 92.3 cm³/mol. The Morgan fingerprint density at radius 1 is 0.810 bits per heavy atom. The molecular weight excluding hydrogens is 322 g/mol. The van der Waals surface area contributed by atoms with Crippen LogP contribution in [0.3, 0.4) is 0 Å². The monoisotopic (exact) mass is 337 g/mol. The second-order valence-corrected chi connectivity index (χ2v) is 6.12. The summed E-state index contributed by atoms with van der Waals surface area (Å²) in [6.07, 6.45) is 1.96. The number of rotatable bonds is 2. The lowest BCUT2D eigenvalue weighted by Gasteiger charge is -2.10. The molecule has 3 rings (SSSR count). The minimum Gasteiger partial charge on any atom is -0.256 e. The van der Waals surface area contributed by atoms with Gasteiger partial charge >= 0.3 is 0 Å². The average Bonchev–Trinajstić information content (AvgIpc) is 2.48. The molecule has 0 aliphatic carbocycles. The molecule has 0 atom stereocenters. The van der Waals surface area contributed by atoms with E-state index in [-0.39, 0.29) is 0 Å². The van der Waals surface area contributed by atoms with Gasteiger partial charge in [0.1, 0.15) is 0 Å². The van der Waals surface area contributed by atoms with Gasteiger partial charge in [-0.15, -0.1) is 0 Å². The molecule has 2 aromatic carbocycles. The first-order chi connectivity index (χ1) is 10.1. The Balaban J connectivity index is 2.02. The van der Waals surface area contributed by atoms with Gasteiger partial charge in [-0.1, -0.05) is 52.3 Å². The van der Waals surface area contributed by atoms with Crippen LogP contribution in [-0.2, 0) is 0 Å². The second kappa shape index (κ2) is 5.82. The fourth-order valence-electron chi connectivity index (χ4n) is 2.63. The molecule has 0 N–H and O–H groups in total. The quantitative estimate of drug-likeness (QED) is 0.576. The SMILES string of the molecule is Cc1cccc(C)c1-c1ccc(-c2cccc(Br)c2)nc1.